The molecule has 4 heteroatoms. The van der Waals surface area contributed by atoms with Crippen LogP contribution in [0.1, 0.15) is 61.3 Å². The van der Waals surface area contributed by atoms with Crippen molar-refractivity contribution in [1.82, 2.24) is 0 Å². The Balaban J connectivity index is 1.16. The second kappa shape index (κ2) is 12.2. The fourth-order valence-corrected chi connectivity index (χ4v) is 4.51. The lowest BCUT2D eigenvalue weighted by molar-refractivity contribution is -0.135. The van der Waals surface area contributed by atoms with Gasteiger partial charge in [-0.1, -0.05) is 96.2 Å². The Morgan fingerprint density at radius 3 is 2.15 bits per heavy atom. The van der Waals surface area contributed by atoms with E-state index < -0.39 is 6.10 Å². The van der Waals surface area contributed by atoms with Crippen molar-refractivity contribution in [3.63, 3.8) is 0 Å². The van der Waals surface area contributed by atoms with Crippen LogP contribution in [0.25, 0.3) is 0 Å². The van der Waals surface area contributed by atoms with Crippen LogP contribution in [-0.4, -0.2) is 12.1 Å². The Morgan fingerprint density at radius 2 is 1.39 bits per heavy atom. The number of rotatable bonds is 12. The lowest BCUT2D eigenvalue weighted by atomic mass is 9.97. The van der Waals surface area contributed by atoms with Gasteiger partial charge in [-0.05, 0) is 66.6 Å². The summed E-state index contributed by atoms with van der Waals surface area (Å²) in [6, 6.07) is 26.3. The van der Waals surface area contributed by atoms with E-state index in [0.717, 1.165) is 22.9 Å². The Hall–Kier alpha value is -2.43. The number of halogens is 1. The molecule has 1 saturated heterocycles. The largest absolute Gasteiger partial charge is 0.425 e. The topological polar surface area (TPSA) is 38.8 Å². The van der Waals surface area contributed by atoms with Crippen LogP contribution in [0.15, 0.2) is 83.3 Å². The Kier molecular flexibility index (Phi) is 8.73. The normalized spacial score (nSPS) is 17.0. The van der Waals surface area contributed by atoms with Crippen molar-refractivity contribution in [2.75, 3.05) is 0 Å². The zero-order valence-corrected chi connectivity index (χ0v) is 20.5. The van der Waals surface area contributed by atoms with Gasteiger partial charge in [0.2, 0.25) is 0 Å². The molecule has 33 heavy (non-hydrogen) atoms. The smallest absolute Gasteiger partial charge is 0.343 e. The molecule has 3 nitrogen and oxygen atoms in total. The lowest BCUT2D eigenvalue weighted by Crippen LogP contribution is -2.15. The molecule has 0 saturated carbocycles. The molecule has 1 aliphatic heterocycles. The molecule has 3 aromatic rings. The average molecular weight is 507 g/mol. The van der Waals surface area contributed by atoms with Gasteiger partial charge < -0.3 is 9.47 Å². The Bertz CT molecular complexity index is 1020. The van der Waals surface area contributed by atoms with E-state index in [-0.39, 0.29) is 12.1 Å². The van der Waals surface area contributed by atoms with Gasteiger partial charge in [0.15, 0.2) is 6.10 Å². The van der Waals surface area contributed by atoms with Gasteiger partial charge in [-0.15, -0.1) is 0 Å². The summed E-state index contributed by atoms with van der Waals surface area (Å²) in [4.78, 5) is 12.5. The summed E-state index contributed by atoms with van der Waals surface area (Å²) in [5, 5.41) is 0. The fraction of sp³-hybridized carbons (Fsp3) is 0.345. The van der Waals surface area contributed by atoms with Crippen molar-refractivity contribution in [3.8, 4) is 5.75 Å². The number of aryl methyl sites for hydroxylation is 2. The van der Waals surface area contributed by atoms with Crippen LogP contribution >= 0.6 is 15.9 Å². The van der Waals surface area contributed by atoms with Gasteiger partial charge in [0, 0.05) is 4.47 Å². The molecule has 1 aliphatic rings. The molecule has 0 amide bonds. The first-order valence-electron chi connectivity index (χ1n) is 11.9. The standard InChI is InChI=1S/C29H31BrO3/c30-24-18-20-25(21-19-24)32-29(31)28-27(33-28)26-17-11-10-16-23(26)15-9-4-2-1-3-6-12-22-13-7-5-8-14-22/h5,7-8,10-11,13-14,16-21,27-28H,1-4,6,9,12,15H2/t27-,28+/m0/s1. The second-order valence-electron chi connectivity index (χ2n) is 8.66. The Labute approximate surface area is 205 Å². The highest BCUT2D eigenvalue weighted by molar-refractivity contribution is 9.10. The van der Waals surface area contributed by atoms with E-state index in [9.17, 15) is 4.79 Å². The minimum Gasteiger partial charge on any atom is -0.425 e. The molecule has 4 rings (SSSR count). The summed E-state index contributed by atoms with van der Waals surface area (Å²) in [6.07, 6.45) is 9.03. The molecule has 0 spiro atoms. The van der Waals surface area contributed by atoms with Crippen LogP contribution in [0.3, 0.4) is 0 Å². The van der Waals surface area contributed by atoms with E-state index in [1.165, 1.54) is 49.7 Å². The van der Waals surface area contributed by atoms with Crippen LogP contribution in [0.4, 0.5) is 0 Å². The van der Waals surface area contributed by atoms with Crippen LogP contribution in [0, 0.1) is 0 Å². The first-order valence-corrected chi connectivity index (χ1v) is 12.7. The molecule has 3 aromatic carbocycles. The number of carbonyl (C=O) groups is 1. The third-order valence-corrected chi connectivity index (χ3v) is 6.65. The van der Waals surface area contributed by atoms with E-state index in [4.69, 9.17) is 9.47 Å². The highest BCUT2D eigenvalue weighted by Gasteiger charge is 2.48. The SMILES string of the molecule is O=C(Oc1ccc(Br)cc1)[C@@H]1O[C@H]1c1ccccc1CCCCCCCCc1ccccc1. The monoisotopic (exact) mass is 506 g/mol. The van der Waals surface area contributed by atoms with Crippen molar-refractivity contribution in [3.05, 3.63) is 100 Å². The molecule has 0 aromatic heterocycles. The van der Waals surface area contributed by atoms with Crippen molar-refractivity contribution >= 4 is 21.9 Å². The van der Waals surface area contributed by atoms with E-state index in [0.29, 0.717) is 5.75 Å². The summed E-state index contributed by atoms with van der Waals surface area (Å²) >= 11 is 3.39. The summed E-state index contributed by atoms with van der Waals surface area (Å²) < 4.78 is 12.1. The number of epoxide rings is 1. The quantitative estimate of drug-likeness (QED) is 0.110. The van der Waals surface area contributed by atoms with Gasteiger partial charge in [0.25, 0.3) is 0 Å². The third kappa shape index (κ3) is 7.28. The van der Waals surface area contributed by atoms with Crippen LogP contribution in [0.2, 0.25) is 0 Å². The maximum Gasteiger partial charge on any atom is 0.343 e. The molecular weight excluding hydrogens is 476 g/mol. The number of hydrogen-bond donors (Lipinski definition) is 0. The average Bonchev–Trinajstić information content (AvgIpc) is 3.64. The summed E-state index contributed by atoms with van der Waals surface area (Å²) in [7, 11) is 0. The van der Waals surface area contributed by atoms with Gasteiger partial charge in [-0.2, -0.15) is 0 Å². The van der Waals surface area contributed by atoms with Crippen LogP contribution in [-0.2, 0) is 22.4 Å². The van der Waals surface area contributed by atoms with Crippen LogP contribution < -0.4 is 4.74 Å². The van der Waals surface area contributed by atoms with Crippen molar-refractivity contribution in [1.29, 1.82) is 0 Å². The van der Waals surface area contributed by atoms with E-state index in [1.807, 2.05) is 18.2 Å². The van der Waals surface area contributed by atoms with Gasteiger partial charge in [0.1, 0.15) is 11.9 Å². The van der Waals surface area contributed by atoms with E-state index in [1.54, 1.807) is 12.1 Å². The van der Waals surface area contributed by atoms with Crippen molar-refractivity contribution in [2.45, 2.75) is 63.6 Å². The maximum atomic E-state index is 12.5. The number of hydrogen-bond acceptors (Lipinski definition) is 3. The molecule has 1 fully saturated rings. The number of unbranched alkanes of at least 4 members (excludes halogenated alkanes) is 5. The summed E-state index contributed by atoms with van der Waals surface area (Å²) in [5.41, 5.74) is 3.85. The lowest BCUT2D eigenvalue weighted by Gasteiger charge is -2.08. The fourth-order valence-electron chi connectivity index (χ4n) is 4.24. The molecule has 0 aliphatic carbocycles. The van der Waals surface area contributed by atoms with Crippen LogP contribution in [0.5, 0.6) is 5.75 Å². The maximum absolute atomic E-state index is 12.5. The summed E-state index contributed by atoms with van der Waals surface area (Å²) in [5.74, 6) is 0.210. The Morgan fingerprint density at radius 1 is 0.758 bits per heavy atom. The van der Waals surface area contributed by atoms with Gasteiger partial charge >= 0.3 is 5.97 Å². The number of ether oxygens (including phenoxy) is 2. The number of benzene rings is 3. The minimum atomic E-state index is -0.514. The van der Waals surface area contributed by atoms with Crippen molar-refractivity contribution < 1.29 is 14.3 Å². The van der Waals surface area contributed by atoms with Gasteiger partial charge in [-0.3, -0.25) is 0 Å². The van der Waals surface area contributed by atoms with Crippen molar-refractivity contribution in [2.24, 2.45) is 0 Å². The predicted octanol–water partition coefficient (Wildman–Crippen LogP) is 7.62. The first kappa shape index (κ1) is 23.7. The second-order valence-corrected chi connectivity index (χ2v) is 9.57. The molecule has 0 N–H and O–H groups in total. The first-order chi connectivity index (χ1) is 16.2. The third-order valence-electron chi connectivity index (χ3n) is 6.12. The molecule has 172 valence electrons. The van der Waals surface area contributed by atoms with E-state index >= 15 is 0 Å². The highest BCUT2D eigenvalue weighted by atomic mass is 79.9. The minimum absolute atomic E-state index is 0.192. The molecular formula is C29H31BrO3. The molecule has 0 unspecified atom stereocenters. The zero-order chi connectivity index (χ0) is 22.9. The van der Waals surface area contributed by atoms with Gasteiger partial charge in [0.05, 0.1) is 0 Å². The molecule has 1 heterocycles. The predicted molar refractivity (Wildman–Crippen MR) is 135 cm³/mol. The molecule has 2 atom stereocenters. The number of esters is 1. The highest BCUT2D eigenvalue weighted by Crippen LogP contribution is 2.41. The summed E-state index contributed by atoms with van der Waals surface area (Å²) in [6.45, 7) is 0. The molecule has 0 bridgehead atoms. The van der Waals surface area contributed by atoms with E-state index in [2.05, 4.69) is 64.5 Å². The number of carbonyl (C=O) groups excluding carboxylic acids is 1. The van der Waals surface area contributed by atoms with Gasteiger partial charge in [-0.25, -0.2) is 4.79 Å². The zero-order valence-electron chi connectivity index (χ0n) is 18.9. The molecule has 0 radical (unpaired) electrons.